The van der Waals surface area contributed by atoms with Crippen LogP contribution < -0.4 is 5.32 Å². The quantitative estimate of drug-likeness (QED) is 0.849. The topological polar surface area (TPSA) is 58.3 Å². The van der Waals surface area contributed by atoms with Gasteiger partial charge in [-0.3, -0.25) is 0 Å². The zero-order valence-corrected chi connectivity index (χ0v) is 10.4. The molecule has 0 aliphatic rings. The van der Waals surface area contributed by atoms with Gasteiger partial charge < -0.3 is 14.8 Å². The van der Waals surface area contributed by atoms with Gasteiger partial charge in [-0.05, 0) is 31.5 Å². The van der Waals surface area contributed by atoms with E-state index in [0.29, 0.717) is 12.4 Å². The molecule has 1 heterocycles. The Labute approximate surface area is 101 Å². The number of benzene rings is 1. The molecule has 0 radical (unpaired) electrons. The number of hydrogen-bond donors (Lipinski definition) is 2. The molecule has 4 nitrogen and oxygen atoms in total. The van der Waals surface area contributed by atoms with Gasteiger partial charge in [0.1, 0.15) is 5.52 Å². The molecule has 0 amide bonds. The summed E-state index contributed by atoms with van der Waals surface area (Å²) in [7, 11) is 0. The Balaban J connectivity index is 2.14. The number of rotatable bonds is 4. The van der Waals surface area contributed by atoms with Gasteiger partial charge in [0, 0.05) is 19.0 Å². The van der Waals surface area contributed by atoms with Crippen LogP contribution in [0.5, 0.6) is 0 Å². The van der Waals surface area contributed by atoms with Crippen molar-refractivity contribution in [2.24, 2.45) is 0 Å². The highest BCUT2D eigenvalue weighted by Gasteiger charge is 2.15. The average Bonchev–Trinajstić information content (AvgIpc) is 2.66. The molecule has 2 N–H and O–H groups in total. The van der Waals surface area contributed by atoms with Crippen molar-refractivity contribution in [1.82, 2.24) is 10.3 Å². The van der Waals surface area contributed by atoms with Crippen LogP contribution in [0, 0.1) is 6.92 Å². The first-order valence-electron chi connectivity index (χ1n) is 5.72. The monoisotopic (exact) mass is 234 g/mol. The Hall–Kier alpha value is -1.39. The molecule has 17 heavy (non-hydrogen) atoms. The predicted molar refractivity (Wildman–Crippen MR) is 66.8 cm³/mol. The zero-order chi connectivity index (χ0) is 12.5. The van der Waals surface area contributed by atoms with Crippen LogP contribution in [0.4, 0.5) is 0 Å². The third kappa shape index (κ3) is 2.84. The molecule has 0 saturated carbocycles. The summed E-state index contributed by atoms with van der Waals surface area (Å²) in [6.45, 7) is 6.57. The molecule has 0 aliphatic carbocycles. The molecule has 2 rings (SSSR count). The van der Waals surface area contributed by atoms with Crippen LogP contribution in [0.3, 0.4) is 0 Å². The number of nitrogens with one attached hydrogen (secondary N) is 1. The predicted octanol–water partition coefficient (Wildman–Crippen LogP) is 2.00. The summed E-state index contributed by atoms with van der Waals surface area (Å²) in [4.78, 5) is 4.25. The van der Waals surface area contributed by atoms with E-state index >= 15 is 0 Å². The number of aromatic nitrogens is 1. The molecule has 0 aliphatic heterocycles. The fraction of sp³-hybridized carbons (Fsp3) is 0.462. The number of aliphatic hydroxyl groups excluding tert-OH is 1. The van der Waals surface area contributed by atoms with Crippen molar-refractivity contribution in [3.8, 4) is 0 Å². The summed E-state index contributed by atoms with van der Waals surface area (Å²) >= 11 is 0. The van der Waals surface area contributed by atoms with Crippen LogP contribution in [0.25, 0.3) is 11.1 Å². The van der Waals surface area contributed by atoms with Gasteiger partial charge in [-0.25, -0.2) is 4.98 Å². The number of nitrogens with zero attached hydrogens (tertiary/aromatic N) is 1. The minimum Gasteiger partial charge on any atom is -0.441 e. The number of aliphatic hydroxyl groups is 1. The summed E-state index contributed by atoms with van der Waals surface area (Å²) in [5, 5.41) is 12.4. The second-order valence-electron chi connectivity index (χ2n) is 4.93. The van der Waals surface area contributed by atoms with Gasteiger partial charge in [-0.1, -0.05) is 6.07 Å². The molecule has 1 aromatic carbocycles. The van der Waals surface area contributed by atoms with Crippen LogP contribution in [0.15, 0.2) is 22.6 Å². The second-order valence-corrected chi connectivity index (χ2v) is 4.93. The maximum absolute atomic E-state index is 9.16. The van der Waals surface area contributed by atoms with Crippen molar-refractivity contribution in [1.29, 1.82) is 0 Å². The Morgan fingerprint density at radius 3 is 2.88 bits per heavy atom. The number of hydrogen-bond acceptors (Lipinski definition) is 4. The lowest BCUT2D eigenvalue weighted by Crippen LogP contribution is -2.42. The zero-order valence-electron chi connectivity index (χ0n) is 10.4. The summed E-state index contributed by atoms with van der Waals surface area (Å²) in [5.41, 5.74) is 2.54. The number of fused-ring (bicyclic) bond motifs is 1. The van der Waals surface area contributed by atoms with Gasteiger partial charge in [-0.15, -0.1) is 0 Å². The van der Waals surface area contributed by atoms with E-state index in [-0.39, 0.29) is 12.1 Å². The van der Waals surface area contributed by atoms with Crippen molar-refractivity contribution in [2.45, 2.75) is 32.9 Å². The number of oxazole rings is 1. The van der Waals surface area contributed by atoms with Crippen molar-refractivity contribution in [2.75, 3.05) is 6.61 Å². The lowest BCUT2D eigenvalue weighted by Gasteiger charge is -2.23. The van der Waals surface area contributed by atoms with E-state index < -0.39 is 0 Å². The molecule has 2 aromatic rings. The molecule has 1 aromatic heterocycles. The van der Waals surface area contributed by atoms with Crippen LogP contribution in [-0.2, 0) is 6.54 Å². The Morgan fingerprint density at radius 2 is 2.18 bits per heavy atom. The van der Waals surface area contributed by atoms with Crippen molar-refractivity contribution >= 4 is 11.1 Å². The SMILES string of the molecule is Cc1nc2ccc(CNC(C)(C)CO)cc2o1. The lowest BCUT2D eigenvalue weighted by molar-refractivity contribution is 0.187. The summed E-state index contributed by atoms with van der Waals surface area (Å²) < 4.78 is 5.48. The first-order valence-corrected chi connectivity index (χ1v) is 5.72. The van der Waals surface area contributed by atoms with Crippen LogP contribution >= 0.6 is 0 Å². The largest absolute Gasteiger partial charge is 0.441 e. The lowest BCUT2D eigenvalue weighted by atomic mass is 10.1. The van der Waals surface area contributed by atoms with Gasteiger partial charge in [0.25, 0.3) is 0 Å². The van der Waals surface area contributed by atoms with Gasteiger partial charge in [0.05, 0.1) is 6.61 Å². The molecule has 0 spiro atoms. The van der Waals surface area contributed by atoms with Gasteiger partial charge >= 0.3 is 0 Å². The van der Waals surface area contributed by atoms with Gasteiger partial charge in [0.15, 0.2) is 11.5 Å². The Kier molecular flexibility index (Phi) is 3.17. The van der Waals surface area contributed by atoms with E-state index in [9.17, 15) is 0 Å². The standard InChI is InChI=1S/C13H18N2O2/c1-9-15-11-5-4-10(6-12(11)17-9)7-14-13(2,3)8-16/h4-6,14,16H,7-8H2,1-3H3. The molecular weight excluding hydrogens is 216 g/mol. The summed E-state index contributed by atoms with van der Waals surface area (Å²) in [6, 6.07) is 5.95. The van der Waals surface area contributed by atoms with Gasteiger partial charge in [-0.2, -0.15) is 0 Å². The second kappa shape index (κ2) is 4.47. The number of aryl methyl sites for hydroxylation is 1. The van der Waals surface area contributed by atoms with Crippen molar-refractivity contribution in [3.63, 3.8) is 0 Å². The maximum Gasteiger partial charge on any atom is 0.192 e. The minimum atomic E-state index is -0.272. The Bertz CT molecular complexity index is 517. The fourth-order valence-corrected chi connectivity index (χ4v) is 1.59. The van der Waals surface area contributed by atoms with E-state index in [2.05, 4.69) is 10.3 Å². The highest BCUT2D eigenvalue weighted by molar-refractivity contribution is 5.73. The smallest absolute Gasteiger partial charge is 0.192 e. The normalized spacial score (nSPS) is 12.2. The van der Waals surface area contributed by atoms with Crippen LogP contribution in [0.1, 0.15) is 25.3 Å². The maximum atomic E-state index is 9.16. The van der Waals surface area contributed by atoms with E-state index in [1.807, 2.05) is 39.0 Å². The van der Waals surface area contributed by atoms with Crippen molar-refractivity contribution in [3.05, 3.63) is 29.7 Å². The molecule has 4 heteroatoms. The third-order valence-electron chi connectivity index (χ3n) is 2.73. The van der Waals surface area contributed by atoms with Crippen LogP contribution in [0.2, 0.25) is 0 Å². The van der Waals surface area contributed by atoms with E-state index in [4.69, 9.17) is 9.52 Å². The molecule has 92 valence electrons. The first-order chi connectivity index (χ1) is 8.00. The summed E-state index contributed by atoms with van der Waals surface area (Å²) in [5.74, 6) is 0.681. The highest BCUT2D eigenvalue weighted by atomic mass is 16.3. The van der Waals surface area contributed by atoms with E-state index in [1.54, 1.807) is 0 Å². The van der Waals surface area contributed by atoms with E-state index in [1.165, 1.54) is 0 Å². The molecule has 0 atom stereocenters. The first kappa shape index (κ1) is 12.1. The fourth-order valence-electron chi connectivity index (χ4n) is 1.59. The minimum absolute atomic E-state index is 0.108. The Morgan fingerprint density at radius 1 is 1.41 bits per heavy atom. The highest BCUT2D eigenvalue weighted by Crippen LogP contribution is 2.17. The molecule has 0 fully saturated rings. The average molecular weight is 234 g/mol. The molecule has 0 unspecified atom stereocenters. The molecule has 0 bridgehead atoms. The molecule has 0 saturated heterocycles. The third-order valence-corrected chi connectivity index (χ3v) is 2.73. The summed E-state index contributed by atoms with van der Waals surface area (Å²) in [6.07, 6.45) is 0. The van der Waals surface area contributed by atoms with E-state index in [0.717, 1.165) is 16.7 Å². The van der Waals surface area contributed by atoms with Crippen LogP contribution in [-0.4, -0.2) is 22.2 Å². The van der Waals surface area contributed by atoms with Crippen molar-refractivity contribution < 1.29 is 9.52 Å². The molecular formula is C13H18N2O2. The van der Waals surface area contributed by atoms with Gasteiger partial charge in [0.2, 0.25) is 0 Å².